The SMILES string of the molecule is CCC1(C(=O)O)CCCN(C2CCOC3(CCSC3)C2)C1. The Hall–Kier alpha value is -0.260. The lowest BCUT2D eigenvalue weighted by atomic mass is 9.76. The molecule has 3 aliphatic rings. The molecule has 3 fully saturated rings. The number of likely N-dealkylation sites (tertiary alicyclic amines) is 1. The van der Waals surface area contributed by atoms with Gasteiger partial charge in [-0.15, -0.1) is 0 Å². The Morgan fingerprint density at radius 3 is 3.00 bits per heavy atom. The normalized spacial score (nSPS) is 41.5. The van der Waals surface area contributed by atoms with E-state index in [1.165, 1.54) is 12.2 Å². The van der Waals surface area contributed by atoms with Crippen molar-refractivity contribution in [3.63, 3.8) is 0 Å². The second-order valence-corrected chi connectivity index (χ2v) is 8.10. The molecule has 3 rings (SSSR count). The summed E-state index contributed by atoms with van der Waals surface area (Å²) in [5.74, 6) is 1.73. The lowest BCUT2D eigenvalue weighted by molar-refractivity contribution is -0.155. The maximum absolute atomic E-state index is 11.7. The largest absolute Gasteiger partial charge is 0.481 e. The Bertz CT molecular complexity index is 397. The standard InChI is InChI=1S/C16H27NO3S/c1-2-15(14(18)19)5-3-7-17(11-15)13-4-8-20-16(10-13)6-9-21-12-16/h13H,2-12H2,1H3,(H,18,19). The van der Waals surface area contributed by atoms with Gasteiger partial charge in [0.15, 0.2) is 0 Å². The number of carboxylic acid groups (broad SMARTS) is 1. The minimum atomic E-state index is -0.604. The number of piperidine rings is 1. The number of thioether (sulfide) groups is 1. The summed E-state index contributed by atoms with van der Waals surface area (Å²) in [6, 6.07) is 0.517. The summed E-state index contributed by atoms with van der Waals surface area (Å²) >= 11 is 2.00. The van der Waals surface area contributed by atoms with E-state index in [4.69, 9.17) is 4.74 Å². The lowest BCUT2D eigenvalue weighted by Crippen LogP contribution is -2.55. The lowest BCUT2D eigenvalue weighted by Gasteiger charge is -2.47. The van der Waals surface area contributed by atoms with Crippen LogP contribution in [0.15, 0.2) is 0 Å². The number of hydrogen-bond donors (Lipinski definition) is 1. The summed E-state index contributed by atoms with van der Waals surface area (Å²) in [7, 11) is 0. The van der Waals surface area contributed by atoms with E-state index in [-0.39, 0.29) is 5.60 Å². The van der Waals surface area contributed by atoms with E-state index in [1.54, 1.807) is 0 Å². The highest BCUT2D eigenvalue weighted by molar-refractivity contribution is 7.99. The quantitative estimate of drug-likeness (QED) is 0.868. The van der Waals surface area contributed by atoms with Crippen molar-refractivity contribution >= 4 is 17.7 Å². The third kappa shape index (κ3) is 2.97. The van der Waals surface area contributed by atoms with Crippen LogP contribution < -0.4 is 0 Å². The summed E-state index contributed by atoms with van der Waals surface area (Å²) in [5, 5.41) is 9.66. The van der Waals surface area contributed by atoms with Crippen LogP contribution in [-0.2, 0) is 9.53 Å². The molecule has 0 aromatic carbocycles. The zero-order valence-electron chi connectivity index (χ0n) is 13.0. The fourth-order valence-electron chi connectivity index (χ4n) is 4.27. The first-order valence-corrected chi connectivity index (χ1v) is 9.44. The van der Waals surface area contributed by atoms with Crippen molar-refractivity contribution < 1.29 is 14.6 Å². The zero-order valence-corrected chi connectivity index (χ0v) is 13.8. The van der Waals surface area contributed by atoms with Crippen molar-refractivity contribution in [1.29, 1.82) is 0 Å². The summed E-state index contributed by atoms with van der Waals surface area (Å²) in [6.45, 7) is 4.65. The first-order valence-electron chi connectivity index (χ1n) is 8.28. The number of aliphatic carboxylic acids is 1. The number of rotatable bonds is 3. The minimum Gasteiger partial charge on any atom is -0.481 e. The van der Waals surface area contributed by atoms with Gasteiger partial charge in [0.05, 0.1) is 11.0 Å². The van der Waals surface area contributed by atoms with Gasteiger partial charge in [0, 0.05) is 24.9 Å². The average Bonchev–Trinajstić information content (AvgIpc) is 2.95. The highest BCUT2D eigenvalue weighted by atomic mass is 32.2. The molecular weight excluding hydrogens is 286 g/mol. The summed E-state index contributed by atoms with van der Waals surface area (Å²) < 4.78 is 6.11. The summed E-state index contributed by atoms with van der Waals surface area (Å²) in [5.41, 5.74) is -0.433. The van der Waals surface area contributed by atoms with Crippen LogP contribution in [0, 0.1) is 5.41 Å². The van der Waals surface area contributed by atoms with E-state index in [0.29, 0.717) is 6.04 Å². The van der Waals surface area contributed by atoms with E-state index in [2.05, 4.69) is 4.90 Å². The average molecular weight is 313 g/mol. The van der Waals surface area contributed by atoms with Crippen LogP contribution in [0.5, 0.6) is 0 Å². The third-order valence-electron chi connectivity index (χ3n) is 5.79. The van der Waals surface area contributed by atoms with Crippen molar-refractivity contribution in [1.82, 2.24) is 4.90 Å². The van der Waals surface area contributed by atoms with Crippen LogP contribution in [0.1, 0.15) is 45.4 Å². The van der Waals surface area contributed by atoms with Crippen LogP contribution in [0.25, 0.3) is 0 Å². The van der Waals surface area contributed by atoms with E-state index >= 15 is 0 Å². The Kier molecular flexibility index (Phi) is 4.53. The van der Waals surface area contributed by atoms with Gasteiger partial charge in [-0.1, -0.05) is 6.92 Å². The predicted octanol–water partition coefficient (Wildman–Crippen LogP) is 2.62. The molecule has 0 bridgehead atoms. The van der Waals surface area contributed by atoms with Crippen molar-refractivity contribution in [3.05, 3.63) is 0 Å². The number of hydrogen-bond acceptors (Lipinski definition) is 4. The van der Waals surface area contributed by atoms with Crippen molar-refractivity contribution in [2.75, 3.05) is 31.2 Å². The molecule has 0 amide bonds. The van der Waals surface area contributed by atoms with Gasteiger partial charge in [-0.25, -0.2) is 0 Å². The topological polar surface area (TPSA) is 49.8 Å². The van der Waals surface area contributed by atoms with Gasteiger partial charge >= 0.3 is 5.97 Å². The molecule has 0 aromatic heterocycles. The summed E-state index contributed by atoms with van der Waals surface area (Å²) in [4.78, 5) is 14.2. The first kappa shape index (κ1) is 15.6. The van der Waals surface area contributed by atoms with Crippen LogP contribution in [0.4, 0.5) is 0 Å². The minimum absolute atomic E-state index is 0.0864. The van der Waals surface area contributed by atoms with Gasteiger partial charge in [-0.3, -0.25) is 9.69 Å². The molecule has 1 spiro atoms. The fraction of sp³-hybridized carbons (Fsp3) is 0.938. The van der Waals surface area contributed by atoms with Crippen molar-refractivity contribution in [2.24, 2.45) is 5.41 Å². The highest BCUT2D eigenvalue weighted by Crippen LogP contribution is 2.42. The van der Waals surface area contributed by atoms with E-state index in [0.717, 1.165) is 57.6 Å². The van der Waals surface area contributed by atoms with Crippen molar-refractivity contribution in [2.45, 2.75) is 57.1 Å². The molecule has 3 unspecified atom stereocenters. The Balaban J connectivity index is 1.69. The Morgan fingerprint density at radius 2 is 2.33 bits per heavy atom. The number of ether oxygens (including phenoxy) is 1. The van der Waals surface area contributed by atoms with Crippen LogP contribution >= 0.6 is 11.8 Å². The second kappa shape index (κ2) is 6.09. The van der Waals surface area contributed by atoms with Crippen LogP contribution in [0.2, 0.25) is 0 Å². The monoisotopic (exact) mass is 313 g/mol. The summed E-state index contributed by atoms with van der Waals surface area (Å²) in [6.07, 6.45) is 5.91. The third-order valence-corrected chi connectivity index (χ3v) is 7.01. The van der Waals surface area contributed by atoms with Crippen LogP contribution in [-0.4, -0.2) is 58.8 Å². The van der Waals surface area contributed by atoms with Gasteiger partial charge < -0.3 is 9.84 Å². The van der Waals surface area contributed by atoms with Gasteiger partial charge in [-0.05, 0) is 50.8 Å². The van der Waals surface area contributed by atoms with Gasteiger partial charge in [0.1, 0.15) is 0 Å². The molecule has 0 aliphatic carbocycles. The molecule has 120 valence electrons. The zero-order chi connectivity index (χ0) is 14.9. The maximum atomic E-state index is 11.7. The molecule has 3 aliphatic heterocycles. The molecule has 4 nitrogen and oxygen atoms in total. The van der Waals surface area contributed by atoms with Gasteiger partial charge in [-0.2, -0.15) is 11.8 Å². The molecular formula is C16H27NO3S. The van der Waals surface area contributed by atoms with Crippen LogP contribution in [0.3, 0.4) is 0 Å². The molecule has 0 radical (unpaired) electrons. The van der Waals surface area contributed by atoms with Crippen molar-refractivity contribution in [3.8, 4) is 0 Å². The number of carbonyl (C=O) groups is 1. The molecule has 5 heteroatoms. The molecule has 3 atom stereocenters. The highest BCUT2D eigenvalue weighted by Gasteiger charge is 2.46. The molecule has 21 heavy (non-hydrogen) atoms. The van der Waals surface area contributed by atoms with E-state index in [9.17, 15) is 9.90 Å². The van der Waals surface area contributed by atoms with E-state index in [1.807, 2.05) is 18.7 Å². The molecule has 3 heterocycles. The van der Waals surface area contributed by atoms with E-state index < -0.39 is 11.4 Å². The molecule has 1 N–H and O–H groups in total. The van der Waals surface area contributed by atoms with Gasteiger partial charge in [0.25, 0.3) is 0 Å². The molecule has 0 aromatic rings. The first-order chi connectivity index (χ1) is 10.1. The smallest absolute Gasteiger partial charge is 0.310 e. The fourth-order valence-corrected chi connectivity index (χ4v) is 5.65. The number of carboxylic acids is 1. The maximum Gasteiger partial charge on any atom is 0.310 e. The Morgan fingerprint density at radius 1 is 1.48 bits per heavy atom. The number of nitrogens with zero attached hydrogens (tertiary/aromatic N) is 1. The second-order valence-electron chi connectivity index (χ2n) is 6.99. The van der Waals surface area contributed by atoms with Gasteiger partial charge in [0.2, 0.25) is 0 Å². The Labute approximate surface area is 131 Å². The molecule has 0 saturated carbocycles. The predicted molar refractivity (Wildman–Crippen MR) is 84.8 cm³/mol. The molecule has 3 saturated heterocycles.